The fourth-order valence-corrected chi connectivity index (χ4v) is 2.45. The Labute approximate surface area is 182 Å². The average molecular weight is 435 g/mol. The number of benzene rings is 3. The van der Waals surface area contributed by atoms with Crippen molar-refractivity contribution < 1.29 is 28.2 Å². The van der Waals surface area contributed by atoms with Crippen molar-refractivity contribution in [3.63, 3.8) is 0 Å². The van der Waals surface area contributed by atoms with Gasteiger partial charge in [-0.1, -0.05) is 0 Å². The molecule has 0 fully saturated rings. The van der Waals surface area contributed by atoms with Crippen molar-refractivity contribution in [3.8, 4) is 11.5 Å². The molecule has 3 aromatic carbocycles. The van der Waals surface area contributed by atoms with E-state index in [2.05, 4.69) is 15.8 Å². The number of methoxy groups -OCH3 is 1. The first-order valence-electron chi connectivity index (χ1n) is 9.31. The Morgan fingerprint density at radius 3 is 2.09 bits per heavy atom. The van der Waals surface area contributed by atoms with Crippen molar-refractivity contribution >= 4 is 29.7 Å². The van der Waals surface area contributed by atoms with Gasteiger partial charge in [0.2, 0.25) is 0 Å². The molecule has 0 radical (unpaired) electrons. The highest BCUT2D eigenvalue weighted by Crippen LogP contribution is 2.16. The average Bonchev–Trinajstić information content (AvgIpc) is 2.81. The zero-order valence-corrected chi connectivity index (χ0v) is 16.9. The highest BCUT2D eigenvalue weighted by molar-refractivity contribution is 6.39. The van der Waals surface area contributed by atoms with Crippen LogP contribution >= 0.6 is 0 Å². The minimum atomic E-state index is -0.990. The summed E-state index contributed by atoms with van der Waals surface area (Å²) in [6, 6.07) is 17.8. The first kappa shape index (κ1) is 22.2. The van der Waals surface area contributed by atoms with E-state index in [1.807, 2.05) is 0 Å². The van der Waals surface area contributed by atoms with Gasteiger partial charge in [0.05, 0.1) is 18.9 Å². The third-order valence-electron chi connectivity index (χ3n) is 4.10. The first-order chi connectivity index (χ1) is 15.4. The Morgan fingerprint density at radius 2 is 1.47 bits per heavy atom. The normalized spacial score (nSPS) is 10.4. The maximum absolute atomic E-state index is 12.9. The van der Waals surface area contributed by atoms with Crippen molar-refractivity contribution in [2.45, 2.75) is 0 Å². The fourth-order valence-electron chi connectivity index (χ4n) is 2.45. The van der Waals surface area contributed by atoms with Crippen molar-refractivity contribution in [1.29, 1.82) is 0 Å². The van der Waals surface area contributed by atoms with Crippen molar-refractivity contribution in [2.24, 2.45) is 5.10 Å². The molecule has 0 spiro atoms. The van der Waals surface area contributed by atoms with E-state index in [0.29, 0.717) is 22.6 Å². The lowest BCUT2D eigenvalue weighted by Crippen LogP contribution is -2.32. The number of ether oxygens (including phenoxy) is 2. The van der Waals surface area contributed by atoms with Crippen LogP contribution in [0, 0.1) is 5.82 Å². The predicted octanol–water partition coefficient (Wildman–Crippen LogP) is 3.14. The van der Waals surface area contributed by atoms with Crippen LogP contribution in [0.25, 0.3) is 0 Å². The topological polar surface area (TPSA) is 106 Å². The number of carbonyl (C=O) groups is 3. The van der Waals surface area contributed by atoms with E-state index in [-0.39, 0.29) is 5.69 Å². The number of esters is 1. The molecule has 0 bridgehead atoms. The SMILES string of the molecule is COc1ccc(C(=O)Oc2ccc(C=NNC(=O)C(=O)Nc3ccc(F)cc3)cc2)cc1. The third kappa shape index (κ3) is 6.23. The number of anilines is 1. The number of halogens is 1. The number of hydrazone groups is 1. The van der Waals surface area contributed by atoms with Crippen LogP contribution in [0.4, 0.5) is 10.1 Å². The summed E-state index contributed by atoms with van der Waals surface area (Å²) in [7, 11) is 1.53. The number of carbonyl (C=O) groups excluding carboxylic acids is 3. The van der Waals surface area contributed by atoms with Crippen LogP contribution in [0.1, 0.15) is 15.9 Å². The maximum atomic E-state index is 12.9. The van der Waals surface area contributed by atoms with Crippen molar-refractivity contribution in [3.05, 3.63) is 89.7 Å². The number of nitrogens with one attached hydrogen (secondary N) is 2. The molecule has 0 aromatic heterocycles. The summed E-state index contributed by atoms with van der Waals surface area (Å²) >= 11 is 0. The number of hydrogen-bond acceptors (Lipinski definition) is 6. The molecule has 3 rings (SSSR count). The number of hydrogen-bond donors (Lipinski definition) is 2. The van der Waals surface area contributed by atoms with Crippen LogP contribution in [0.5, 0.6) is 11.5 Å². The molecule has 9 heteroatoms. The van der Waals surface area contributed by atoms with Gasteiger partial charge < -0.3 is 14.8 Å². The van der Waals surface area contributed by atoms with Crippen molar-refractivity contribution in [1.82, 2.24) is 5.43 Å². The maximum Gasteiger partial charge on any atom is 0.343 e. The van der Waals surface area contributed by atoms with Gasteiger partial charge in [0.1, 0.15) is 17.3 Å². The molecule has 162 valence electrons. The predicted molar refractivity (Wildman–Crippen MR) is 115 cm³/mol. The van der Waals surface area contributed by atoms with Crippen LogP contribution in [0.2, 0.25) is 0 Å². The molecule has 3 aromatic rings. The molecule has 2 amide bonds. The molecule has 0 heterocycles. The summed E-state index contributed by atoms with van der Waals surface area (Å²) in [5.41, 5.74) is 3.33. The summed E-state index contributed by atoms with van der Waals surface area (Å²) in [4.78, 5) is 35.7. The second-order valence-electron chi connectivity index (χ2n) is 6.35. The van der Waals surface area contributed by atoms with Gasteiger partial charge in [0.25, 0.3) is 0 Å². The second kappa shape index (κ2) is 10.5. The second-order valence-corrected chi connectivity index (χ2v) is 6.35. The fraction of sp³-hybridized carbons (Fsp3) is 0.0435. The molecule has 0 saturated carbocycles. The Morgan fingerprint density at radius 1 is 0.844 bits per heavy atom. The monoisotopic (exact) mass is 435 g/mol. The van der Waals surface area contributed by atoms with Crippen LogP contribution in [0.3, 0.4) is 0 Å². The molecule has 8 nitrogen and oxygen atoms in total. The standard InChI is InChI=1S/C23H18FN3O5/c1-31-19-12-4-16(5-13-19)23(30)32-20-10-2-15(3-11-20)14-25-27-22(29)21(28)26-18-8-6-17(24)7-9-18/h2-14H,1H3,(H,26,28)(H,27,29). The Balaban J connectivity index is 1.49. The van der Waals surface area contributed by atoms with Gasteiger partial charge in [-0.25, -0.2) is 14.6 Å². The zero-order valence-electron chi connectivity index (χ0n) is 16.9. The van der Waals surface area contributed by atoms with Gasteiger partial charge in [-0.15, -0.1) is 0 Å². The minimum Gasteiger partial charge on any atom is -0.497 e. The lowest BCUT2D eigenvalue weighted by atomic mass is 10.2. The Bertz CT molecular complexity index is 1130. The molecule has 0 unspecified atom stereocenters. The van der Waals surface area contributed by atoms with E-state index >= 15 is 0 Å². The highest BCUT2D eigenvalue weighted by atomic mass is 19.1. The van der Waals surface area contributed by atoms with Gasteiger partial charge in [-0.3, -0.25) is 9.59 Å². The third-order valence-corrected chi connectivity index (χ3v) is 4.10. The molecule has 0 saturated heterocycles. The molecule has 0 atom stereocenters. The largest absolute Gasteiger partial charge is 0.497 e. The molecule has 0 aliphatic heterocycles. The van der Waals surface area contributed by atoms with Gasteiger partial charge in [-0.05, 0) is 78.4 Å². The van der Waals surface area contributed by atoms with E-state index in [1.54, 1.807) is 48.5 Å². The van der Waals surface area contributed by atoms with E-state index in [9.17, 15) is 18.8 Å². The van der Waals surface area contributed by atoms with Crippen molar-refractivity contribution in [2.75, 3.05) is 12.4 Å². The van der Waals surface area contributed by atoms with Gasteiger partial charge in [0, 0.05) is 5.69 Å². The van der Waals surface area contributed by atoms with E-state index in [4.69, 9.17) is 9.47 Å². The van der Waals surface area contributed by atoms with Crippen LogP contribution < -0.4 is 20.2 Å². The molecular formula is C23H18FN3O5. The summed E-state index contributed by atoms with van der Waals surface area (Å²) in [6.45, 7) is 0. The lowest BCUT2D eigenvalue weighted by molar-refractivity contribution is -0.136. The van der Waals surface area contributed by atoms with Gasteiger partial charge in [0.15, 0.2) is 0 Å². The summed E-state index contributed by atoms with van der Waals surface area (Å²) in [5.74, 6) is -1.96. The number of nitrogens with zero attached hydrogens (tertiary/aromatic N) is 1. The Kier molecular flexibility index (Phi) is 7.26. The Hall–Kier alpha value is -4.53. The first-order valence-corrected chi connectivity index (χ1v) is 9.31. The molecular weight excluding hydrogens is 417 g/mol. The lowest BCUT2D eigenvalue weighted by Gasteiger charge is -2.05. The zero-order chi connectivity index (χ0) is 22.9. The minimum absolute atomic E-state index is 0.273. The van der Waals surface area contributed by atoms with E-state index < -0.39 is 23.6 Å². The van der Waals surface area contributed by atoms with Crippen LogP contribution in [-0.4, -0.2) is 31.1 Å². The molecule has 0 aliphatic carbocycles. The molecule has 2 N–H and O–H groups in total. The number of rotatable bonds is 6. The molecule has 0 aliphatic rings. The van der Waals surface area contributed by atoms with E-state index in [1.165, 1.54) is 25.5 Å². The summed E-state index contributed by atoms with van der Waals surface area (Å²) in [6.07, 6.45) is 1.32. The molecule has 32 heavy (non-hydrogen) atoms. The smallest absolute Gasteiger partial charge is 0.343 e. The summed E-state index contributed by atoms with van der Waals surface area (Å²) in [5, 5.41) is 6.02. The van der Waals surface area contributed by atoms with Crippen LogP contribution in [-0.2, 0) is 9.59 Å². The van der Waals surface area contributed by atoms with E-state index in [0.717, 1.165) is 12.1 Å². The highest BCUT2D eigenvalue weighted by Gasteiger charge is 2.13. The van der Waals surface area contributed by atoms with Gasteiger partial charge in [-0.2, -0.15) is 5.10 Å². The number of amides is 2. The van der Waals surface area contributed by atoms with Crippen LogP contribution in [0.15, 0.2) is 77.9 Å². The quantitative estimate of drug-likeness (QED) is 0.203. The summed E-state index contributed by atoms with van der Waals surface area (Å²) < 4.78 is 23.2. The van der Waals surface area contributed by atoms with Gasteiger partial charge >= 0.3 is 17.8 Å².